The van der Waals surface area contributed by atoms with Crippen LogP contribution >= 0.6 is 0 Å². The van der Waals surface area contributed by atoms with Gasteiger partial charge in [0, 0.05) is 32.6 Å². The maximum absolute atomic E-state index is 13.8. The van der Waals surface area contributed by atoms with Crippen molar-refractivity contribution in [2.24, 2.45) is 0 Å². The smallest absolute Gasteiger partial charge is 0.407 e. The lowest BCUT2D eigenvalue weighted by atomic mass is 9.99. The third-order valence-corrected chi connectivity index (χ3v) is 9.01. The Kier molecular flexibility index (Phi) is 19.7. The maximum Gasteiger partial charge on any atom is 0.407 e. The van der Waals surface area contributed by atoms with E-state index >= 15 is 0 Å². The predicted octanol–water partition coefficient (Wildman–Crippen LogP) is 8.13. The maximum atomic E-state index is 13.8. The average Bonchev–Trinajstić information content (AvgIpc) is 3.18. The fourth-order valence-electron chi connectivity index (χ4n) is 6.09. The molecule has 0 aliphatic carbocycles. The number of carbonyl (C=O) groups excluding carboxylic acids is 5. The highest BCUT2D eigenvalue weighted by Crippen LogP contribution is 2.22. The first-order valence-corrected chi connectivity index (χ1v) is 20.5. The molecule has 322 valence electrons. The van der Waals surface area contributed by atoms with Crippen molar-refractivity contribution in [1.82, 2.24) is 20.9 Å². The van der Waals surface area contributed by atoms with Crippen LogP contribution in [0.4, 0.5) is 14.4 Å². The summed E-state index contributed by atoms with van der Waals surface area (Å²) in [5.41, 5.74) is 3.94. The van der Waals surface area contributed by atoms with Crippen molar-refractivity contribution < 1.29 is 42.9 Å². The molecule has 0 heterocycles. The number of hydrogen-bond donors (Lipinski definition) is 3. The Bertz CT molecular complexity index is 1750. The Hall–Kier alpha value is -5.59. The first kappa shape index (κ1) is 47.8. The molecular formula is C46H64N4O9. The van der Waals surface area contributed by atoms with Gasteiger partial charge in [-0.15, -0.1) is 0 Å². The molecule has 13 heteroatoms. The van der Waals surface area contributed by atoms with Gasteiger partial charge in [0.05, 0.1) is 7.11 Å². The van der Waals surface area contributed by atoms with Crippen molar-refractivity contribution in [3.8, 4) is 11.1 Å². The number of amides is 4. The largest absolute Gasteiger partial charge is 0.467 e. The lowest BCUT2D eigenvalue weighted by Crippen LogP contribution is -2.49. The van der Waals surface area contributed by atoms with Crippen molar-refractivity contribution in [2.45, 2.75) is 117 Å². The van der Waals surface area contributed by atoms with Crippen LogP contribution in [0.2, 0.25) is 0 Å². The van der Waals surface area contributed by atoms with Gasteiger partial charge < -0.3 is 39.8 Å². The summed E-state index contributed by atoms with van der Waals surface area (Å²) < 4.78 is 21.0. The van der Waals surface area contributed by atoms with Gasteiger partial charge in [-0.2, -0.15) is 0 Å². The molecule has 0 aliphatic rings. The average molecular weight is 817 g/mol. The number of carbonyl (C=O) groups is 5. The van der Waals surface area contributed by atoms with Gasteiger partial charge in [0.25, 0.3) is 0 Å². The van der Waals surface area contributed by atoms with Crippen LogP contribution in [0.1, 0.15) is 96.8 Å². The Morgan fingerprint density at radius 1 is 0.593 bits per heavy atom. The van der Waals surface area contributed by atoms with Gasteiger partial charge in [-0.1, -0.05) is 78.9 Å². The number of esters is 1. The molecule has 0 fully saturated rings. The van der Waals surface area contributed by atoms with Crippen molar-refractivity contribution >= 4 is 30.2 Å². The molecule has 3 aromatic rings. The third-order valence-electron chi connectivity index (χ3n) is 9.01. The molecule has 0 spiro atoms. The van der Waals surface area contributed by atoms with Gasteiger partial charge in [-0.05, 0) is 114 Å². The summed E-state index contributed by atoms with van der Waals surface area (Å²) in [7, 11) is 1.28. The Balaban J connectivity index is 1.52. The molecule has 0 aliphatic heterocycles. The van der Waals surface area contributed by atoms with Crippen molar-refractivity contribution in [3.05, 3.63) is 95.6 Å². The van der Waals surface area contributed by atoms with Crippen LogP contribution in [-0.4, -0.2) is 85.6 Å². The number of ether oxygens (including phenoxy) is 4. The number of methoxy groups -OCH3 is 1. The number of hydrogen-bond acceptors (Lipinski definition) is 9. The summed E-state index contributed by atoms with van der Waals surface area (Å²) in [5, 5.41) is 8.21. The van der Waals surface area contributed by atoms with Crippen LogP contribution in [0.5, 0.6) is 0 Å². The van der Waals surface area contributed by atoms with E-state index in [1.807, 2.05) is 54.6 Å². The van der Waals surface area contributed by atoms with Crippen LogP contribution in [0, 0.1) is 0 Å². The highest BCUT2D eigenvalue weighted by Gasteiger charge is 2.30. The van der Waals surface area contributed by atoms with Crippen LogP contribution < -0.4 is 16.0 Å². The number of benzene rings is 3. The SMILES string of the molecule is COC(=O)C(CCCCNC(=O)OC(C)(C)C)N(CCNC(=O)OC(C)(C)C)C(=O)CCc1ccc(-c2ccc(CCCCNC(=O)OCc3ccccc3)cc2)cc1. The van der Waals surface area contributed by atoms with E-state index in [0.29, 0.717) is 38.8 Å². The van der Waals surface area contributed by atoms with Gasteiger partial charge in [0.1, 0.15) is 23.9 Å². The number of aryl methyl sites for hydroxylation is 2. The number of alkyl carbamates (subject to hydrolysis) is 3. The number of nitrogens with zero attached hydrogens (tertiary/aromatic N) is 1. The molecule has 3 N–H and O–H groups in total. The van der Waals surface area contributed by atoms with Gasteiger partial charge in [-0.3, -0.25) is 4.79 Å². The van der Waals surface area contributed by atoms with Crippen LogP contribution in [0.15, 0.2) is 78.9 Å². The molecule has 59 heavy (non-hydrogen) atoms. The second kappa shape index (κ2) is 24.4. The summed E-state index contributed by atoms with van der Waals surface area (Å²) in [6, 6.07) is 25.2. The number of rotatable bonds is 21. The van der Waals surface area contributed by atoms with E-state index in [2.05, 4.69) is 40.2 Å². The molecule has 0 saturated carbocycles. The van der Waals surface area contributed by atoms with Gasteiger partial charge >= 0.3 is 24.2 Å². The van der Waals surface area contributed by atoms with Crippen LogP contribution in [0.25, 0.3) is 11.1 Å². The van der Waals surface area contributed by atoms with E-state index < -0.39 is 41.5 Å². The van der Waals surface area contributed by atoms with E-state index in [9.17, 15) is 24.0 Å². The monoisotopic (exact) mass is 816 g/mol. The summed E-state index contributed by atoms with van der Waals surface area (Å²) >= 11 is 0. The normalized spacial score (nSPS) is 11.8. The minimum atomic E-state index is -0.884. The Labute approximate surface area is 349 Å². The topological polar surface area (TPSA) is 162 Å². The summed E-state index contributed by atoms with van der Waals surface area (Å²) in [6.45, 7) is 11.9. The number of nitrogens with one attached hydrogen (secondary N) is 3. The predicted molar refractivity (Wildman–Crippen MR) is 228 cm³/mol. The molecule has 0 aromatic heterocycles. The first-order valence-electron chi connectivity index (χ1n) is 20.5. The number of unbranched alkanes of at least 4 members (excludes halogenated alkanes) is 2. The van der Waals surface area contributed by atoms with Gasteiger partial charge in [0.15, 0.2) is 0 Å². The fraction of sp³-hybridized carbons (Fsp3) is 0.500. The molecule has 0 bridgehead atoms. The summed E-state index contributed by atoms with van der Waals surface area (Å²) in [5.74, 6) is -0.809. The van der Waals surface area contributed by atoms with E-state index in [0.717, 1.165) is 41.5 Å². The zero-order chi connectivity index (χ0) is 43.3. The van der Waals surface area contributed by atoms with Crippen molar-refractivity contribution in [3.63, 3.8) is 0 Å². The lowest BCUT2D eigenvalue weighted by Gasteiger charge is -2.30. The lowest BCUT2D eigenvalue weighted by molar-refractivity contribution is -0.153. The molecule has 0 saturated heterocycles. The molecule has 3 rings (SSSR count). The van der Waals surface area contributed by atoms with E-state index in [-0.39, 0.29) is 32.0 Å². The molecule has 13 nitrogen and oxygen atoms in total. The summed E-state index contributed by atoms with van der Waals surface area (Å²) in [4.78, 5) is 64.7. The fourth-order valence-corrected chi connectivity index (χ4v) is 6.09. The van der Waals surface area contributed by atoms with Crippen LogP contribution in [-0.2, 0) is 48.0 Å². The quantitative estimate of drug-likeness (QED) is 0.0548. The highest BCUT2D eigenvalue weighted by atomic mass is 16.6. The van der Waals surface area contributed by atoms with E-state index in [4.69, 9.17) is 18.9 Å². The second-order valence-corrected chi connectivity index (χ2v) is 16.3. The van der Waals surface area contributed by atoms with Crippen molar-refractivity contribution in [1.29, 1.82) is 0 Å². The molecule has 3 aromatic carbocycles. The molecule has 4 amide bonds. The highest BCUT2D eigenvalue weighted by molar-refractivity contribution is 5.84. The third kappa shape index (κ3) is 19.6. The van der Waals surface area contributed by atoms with Crippen LogP contribution in [0.3, 0.4) is 0 Å². The second-order valence-electron chi connectivity index (χ2n) is 16.3. The zero-order valence-corrected chi connectivity index (χ0v) is 35.9. The minimum Gasteiger partial charge on any atom is -0.467 e. The van der Waals surface area contributed by atoms with Gasteiger partial charge in [0.2, 0.25) is 5.91 Å². The Morgan fingerprint density at radius 2 is 1.10 bits per heavy atom. The molecule has 0 radical (unpaired) electrons. The molecular weight excluding hydrogens is 753 g/mol. The zero-order valence-electron chi connectivity index (χ0n) is 35.9. The van der Waals surface area contributed by atoms with Gasteiger partial charge in [-0.25, -0.2) is 19.2 Å². The summed E-state index contributed by atoms with van der Waals surface area (Å²) in [6.07, 6.45) is 3.06. The first-order chi connectivity index (χ1) is 28.0. The van der Waals surface area contributed by atoms with Crippen molar-refractivity contribution in [2.75, 3.05) is 33.3 Å². The minimum absolute atomic E-state index is 0.0731. The van der Waals surface area contributed by atoms with E-state index in [1.54, 1.807) is 41.5 Å². The van der Waals surface area contributed by atoms with E-state index in [1.165, 1.54) is 17.6 Å². The molecule has 1 atom stereocenters. The Morgan fingerprint density at radius 3 is 1.64 bits per heavy atom. The molecule has 1 unspecified atom stereocenters. The standard InChI is InChI=1S/C46H64N4O9/c1-45(2,3)58-43(54)48-30-14-12-18-39(41(52)56-7)50(32-31-49-44(55)59-46(4,5)6)40(51)28-23-35-21-26-38(27-22-35)37-24-19-34(20-25-37)15-11-13-29-47-42(53)57-33-36-16-9-8-10-17-36/h8-10,16-17,19-22,24-27,39H,11-15,18,23,28-33H2,1-7H3,(H,47,53)(H,48,54)(H,49,55).